The topological polar surface area (TPSA) is 17.1 Å². The predicted molar refractivity (Wildman–Crippen MR) is 74.8 cm³/mol. The van der Waals surface area contributed by atoms with Crippen molar-refractivity contribution in [2.24, 2.45) is 5.92 Å². The summed E-state index contributed by atoms with van der Waals surface area (Å²) in [5, 5.41) is 1.18. The predicted octanol–water partition coefficient (Wildman–Crippen LogP) is 4.91. The minimum Gasteiger partial charge on any atom is -0.293 e. The van der Waals surface area contributed by atoms with E-state index in [4.69, 9.17) is 0 Å². The summed E-state index contributed by atoms with van der Waals surface area (Å²) in [7, 11) is 0. The maximum absolute atomic E-state index is 12.1. The first kappa shape index (κ1) is 12.3. The Labute approximate surface area is 106 Å². The quantitative estimate of drug-likeness (QED) is 0.685. The van der Waals surface area contributed by atoms with Gasteiger partial charge in [-0.25, -0.2) is 0 Å². The second kappa shape index (κ2) is 5.46. The standard InChI is InChI=1S/C15H18OS/c1-3-6-11(2)9-13(16)15-10-12-7-4-5-8-14(12)17-15/h4-5,7-8,10-11H,3,6,9H2,1-2H3. The Bertz CT molecular complexity index is 479. The van der Waals surface area contributed by atoms with Gasteiger partial charge >= 0.3 is 0 Å². The summed E-state index contributed by atoms with van der Waals surface area (Å²) in [6.45, 7) is 4.33. The zero-order chi connectivity index (χ0) is 12.3. The molecule has 90 valence electrons. The molecule has 1 heterocycles. The lowest BCUT2D eigenvalue weighted by Gasteiger charge is -2.07. The summed E-state index contributed by atoms with van der Waals surface area (Å²) in [4.78, 5) is 13.0. The van der Waals surface area contributed by atoms with E-state index in [1.165, 1.54) is 10.1 Å². The van der Waals surface area contributed by atoms with Crippen molar-refractivity contribution in [1.29, 1.82) is 0 Å². The lowest BCUT2D eigenvalue weighted by atomic mass is 9.99. The van der Waals surface area contributed by atoms with Crippen LogP contribution in [0.3, 0.4) is 0 Å². The van der Waals surface area contributed by atoms with Crippen LogP contribution in [-0.2, 0) is 0 Å². The number of carbonyl (C=O) groups excluding carboxylic acids is 1. The smallest absolute Gasteiger partial charge is 0.173 e. The van der Waals surface area contributed by atoms with Gasteiger partial charge in [0.2, 0.25) is 0 Å². The number of hydrogen-bond donors (Lipinski definition) is 0. The number of rotatable bonds is 5. The maximum atomic E-state index is 12.1. The molecule has 0 aliphatic heterocycles. The molecule has 0 fully saturated rings. The van der Waals surface area contributed by atoms with Gasteiger partial charge in [0.25, 0.3) is 0 Å². The Balaban J connectivity index is 2.13. The minimum absolute atomic E-state index is 0.298. The Kier molecular flexibility index (Phi) is 3.95. The SMILES string of the molecule is CCCC(C)CC(=O)c1cc2ccccc2s1. The molecule has 0 saturated carbocycles. The third kappa shape index (κ3) is 2.95. The molecule has 1 atom stereocenters. The summed E-state index contributed by atoms with van der Waals surface area (Å²) in [5.41, 5.74) is 0. The van der Waals surface area contributed by atoms with E-state index in [-0.39, 0.29) is 0 Å². The highest BCUT2D eigenvalue weighted by Gasteiger charge is 2.13. The first-order valence-electron chi connectivity index (χ1n) is 6.22. The summed E-state index contributed by atoms with van der Waals surface area (Å²) in [5.74, 6) is 0.796. The fraction of sp³-hybridized carbons (Fsp3) is 0.400. The van der Waals surface area contributed by atoms with E-state index in [1.807, 2.05) is 18.2 Å². The van der Waals surface area contributed by atoms with Gasteiger partial charge in [-0.2, -0.15) is 0 Å². The van der Waals surface area contributed by atoms with Crippen LogP contribution in [0.15, 0.2) is 30.3 Å². The third-order valence-electron chi connectivity index (χ3n) is 3.02. The molecule has 2 heteroatoms. The molecule has 0 saturated heterocycles. The van der Waals surface area contributed by atoms with Crippen molar-refractivity contribution in [3.05, 3.63) is 35.2 Å². The van der Waals surface area contributed by atoms with Crippen LogP contribution in [0, 0.1) is 5.92 Å². The number of thiophene rings is 1. The van der Waals surface area contributed by atoms with E-state index in [2.05, 4.69) is 26.0 Å². The number of fused-ring (bicyclic) bond motifs is 1. The number of hydrogen-bond acceptors (Lipinski definition) is 2. The molecule has 1 aromatic heterocycles. The molecular formula is C15H18OS. The van der Waals surface area contributed by atoms with Gasteiger partial charge in [0.15, 0.2) is 5.78 Å². The highest BCUT2D eigenvalue weighted by Crippen LogP contribution is 2.27. The average molecular weight is 246 g/mol. The second-order valence-corrected chi connectivity index (χ2v) is 5.75. The highest BCUT2D eigenvalue weighted by molar-refractivity contribution is 7.20. The molecule has 1 unspecified atom stereocenters. The van der Waals surface area contributed by atoms with Crippen LogP contribution in [0.2, 0.25) is 0 Å². The monoisotopic (exact) mass is 246 g/mol. The van der Waals surface area contributed by atoms with Crippen molar-refractivity contribution >= 4 is 27.2 Å². The molecule has 1 aromatic carbocycles. The lowest BCUT2D eigenvalue weighted by Crippen LogP contribution is -2.04. The Morgan fingerprint density at radius 3 is 2.82 bits per heavy atom. The van der Waals surface area contributed by atoms with Gasteiger partial charge < -0.3 is 0 Å². The van der Waals surface area contributed by atoms with Crippen LogP contribution in [0.5, 0.6) is 0 Å². The van der Waals surface area contributed by atoms with Crippen molar-refractivity contribution in [2.75, 3.05) is 0 Å². The van der Waals surface area contributed by atoms with Gasteiger partial charge in [-0.05, 0) is 23.4 Å². The molecule has 2 rings (SSSR count). The molecule has 0 spiro atoms. The van der Waals surface area contributed by atoms with E-state index < -0.39 is 0 Å². The molecule has 1 nitrogen and oxygen atoms in total. The minimum atomic E-state index is 0.298. The Morgan fingerprint density at radius 2 is 2.12 bits per heavy atom. The normalized spacial score (nSPS) is 12.8. The van der Waals surface area contributed by atoms with Gasteiger partial charge in [0.1, 0.15) is 0 Å². The zero-order valence-corrected chi connectivity index (χ0v) is 11.2. The fourth-order valence-corrected chi connectivity index (χ4v) is 3.14. The Hall–Kier alpha value is -1.15. The fourth-order valence-electron chi connectivity index (χ4n) is 2.13. The molecule has 0 aliphatic carbocycles. The van der Waals surface area contributed by atoms with E-state index in [1.54, 1.807) is 11.3 Å². The van der Waals surface area contributed by atoms with Crippen molar-refractivity contribution in [2.45, 2.75) is 33.1 Å². The lowest BCUT2D eigenvalue weighted by molar-refractivity contribution is 0.0966. The average Bonchev–Trinajstić information content (AvgIpc) is 2.72. The summed E-state index contributed by atoms with van der Waals surface area (Å²) >= 11 is 1.62. The first-order valence-corrected chi connectivity index (χ1v) is 7.04. The van der Waals surface area contributed by atoms with E-state index in [9.17, 15) is 4.79 Å². The van der Waals surface area contributed by atoms with E-state index in [0.717, 1.165) is 17.7 Å². The number of benzene rings is 1. The van der Waals surface area contributed by atoms with Crippen LogP contribution in [0.1, 0.15) is 42.8 Å². The molecule has 0 radical (unpaired) electrons. The van der Waals surface area contributed by atoms with E-state index >= 15 is 0 Å². The van der Waals surface area contributed by atoms with Crippen molar-refractivity contribution in [3.63, 3.8) is 0 Å². The van der Waals surface area contributed by atoms with Gasteiger partial charge in [-0.1, -0.05) is 44.9 Å². The molecule has 2 aromatic rings. The van der Waals surface area contributed by atoms with Crippen LogP contribution in [-0.4, -0.2) is 5.78 Å². The molecule has 0 aliphatic rings. The molecule has 17 heavy (non-hydrogen) atoms. The van der Waals surface area contributed by atoms with Gasteiger partial charge in [0, 0.05) is 11.1 Å². The van der Waals surface area contributed by atoms with Gasteiger partial charge in [-0.3, -0.25) is 4.79 Å². The summed E-state index contributed by atoms with van der Waals surface area (Å²) < 4.78 is 1.21. The first-order chi connectivity index (χ1) is 8.20. The summed E-state index contributed by atoms with van der Waals surface area (Å²) in [6.07, 6.45) is 2.97. The number of ketones is 1. The zero-order valence-electron chi connectivity index (χ0n) is 10.4. The maximum Gasteiger partial charge on any atom is 0.173 e. The molecule has 0 bridgehead atoms. The Morgan fingerprint density at radius 1 is 1.35 bits per heavy atom. The highest BCUT2D eigenvalue weighted by atomic mass is 32.1. The van der Waals surface area contributed by atoms with Crippen LogP contribution < -0.4 is 0 Å². The van der Waals surface area contributed by atoms with Crippen molar-refractivity contribution in [3.8, 4) is 0 Å². The molecule has 0 amide bonds. The third-order valence-corrected chi connectivity index (χ3v) is 4.17. The second-order valence-electron chi connectivity index (χ2n) is 4.67. The largest absolute Gasteiger partial charge is 0.293 e. The van der Waals surface area contributed by atoms with Crippen molar-refractivity contribution < 1.29 is 4.79 Å². The van der Waals surface area contributed by atoms with Gasteiger partial charge in [-0.15, -0.1) is 11.3 Å². The van der Waals surface area contributed by atoms with Crippen LogP contribution in [0.4, 0.5) is 0 Å². The summed E-state index contributed by atoms with van der Waals surface area (Å²) in [6, 6.07) is 10.2. The van der Waals surface area contributed by atoms with E-state index in [0.29, 0.717) is 18.1 Å². The van der Waals surface area contributed by atoms with Crippen molar-refractivity contribution in [1.82, 2.24) is 0 Å². The van der Waals surface area contributed by atoms with Crippen LogP contribution >= 0.6 is 11.3 Å². The molecule has 0 N–H and O–H groups in total. The van der Waals surface area contributed by atoms with Crippen LogP contribution in [0.25, 0.3) is 10.1 Å². The number of carbonyl (C=O) groups is 1. The number of Topliss-reactive ketones (excluding diaryl/α,β-unsaturated/α-hetero) is 1. The molecular weight excluding hydrogens is 228 g/mol. The van der Waals surface area contributed by atoms with Gasteiger partial charge in [0.05, 0.1) is 4.88 Å².